The molecule has 0 spiro atoms. The minimum atomic E-state index is -4.41. The Bertz CT molecular complexity index is 860. The van der Waals surface area contributed by atoms with Crippen LogP contribution < -0.4 is 4.68 Å². The lowest BCUT2D eigenvalue weighted by Gasteiger charge is -1.99. The Morgan fingerprint density at radius 3 is 1.84 bits per heavy atom. The van der Waals surface area contributed by atoms with Crippen molar-refractivity contribution < 1.29 is 21.8 Å². The molecule has 0 aliphatic heterocycles. The van der Waals surface area contributed by atoms with E-state index >= 15 is 0 Å². The van der Waals surface area contributed by atoms with Gasteiger partial charge in [0.25, 0.3) is 0 Å². The number of aromatic nitrogens is 2. The van der Waals surface area contributed by atoms with Gasteiger partial charge in [0, 0.05) is 17.2 Å². The van der Waals surface area contributed by atoms with Crippen molar-refractivity contribution >= 4 is 10.4 Å². The Hall–Kier alpha value is -2.48. The van der Waals surface area contributed by atoms with Gasteiger partial charge in [0.2, 0.25) is 16.1 Å². The van der Waals surface area contributed by atoms with E-state index in [9.17, 15) is 13.0 Å². The van der Waals surface area contributed by atoms with Gasteiger partial charge in [-0.1, -0.05) is 48.5 Å². The lowest BCUT2D eigenvalue weighted by molar-refractivity contribution is -0.740. The van der Waals surface area contributed by atoms with Gasteiger partial charge in [-0.25, -0.2) is 8.42 Å². The Morgan fingerprint density at radius 2 is 1.40 bits per heavy atom. The van der Waals surface area contributed by atoms with Crippen LogP contribution in [0.4, 0.5) is 0 Å². The van der Waals surface area contributed by atoms with Crippen LogP contribution in [0.25, 0.3) is 22.5 Å². The number of nitrogens with zero attached hydrogens (tertiary/aromatic N) is 2. The van der Waals surface area contributed by atoms with Crippen LogP contribution >= 0.6 is 0 Å². The van der Waals surface area contributed by atoms with Gasteiger partial charge in [0.05, 0.1) is 14.2 Å². The van der Waals surface area contributed by atoms with Gasteiger partial charge in [0.1, 0.15) is 5.69 Å². The zero-order valence-corrected chi connectivity index (χ0v) is 15.1. The normalized spacial score (nSPS) is 10.9. The molecule has 3 rings (SSSR count). The van der Waals surface area contributed by atoms with E-state index in [1.54, 1.807) is 0 Å². The SMILES string of the molecule is COS(=O)(=O)[O-].Cn1c(-c2ccccc2)cc(-c2ccccc2)[n+]1C. The molecule has 0 amide bonds. The largest absolute Gasteiger partial charge is 0.726 e. The maximum absolute atomic E-state index is 9.22. The fourth-order valence-corrected chi connectivity index (χ4v) is 2.40. The van der Waals surface area contributed by atoms with Gasteiger partial charge in [-0.05, 0) is 12.1 Å². The van der Waals surface area contributed by atoms with Gasteiger partial charge in [0.15, 0.2) is 7.05 Å². The third-order valence-electron chi connectivity index (χ3n) is 3.76. The molecule has 0 saturated carbocycles. The molecule has 0 saturated heterocycles. The van der Waals surface area contributed by atoms with E-state index in [4.69, 9.17) is 0 Å². The molecule has 0 fully saturated rings. The highest BCUT2D eigenvalue weighted by Gasteiger charge is 2.19. The van der Waals surface area contributed by atoms with E-state index in [0.717, 1.165) is 7.11 Å². The second-order valence-corrected chi connectivity index (χ2v) is 6.42. The quantitative estimate of drug-likeness (QED) is 0.408. The Labute approximate surface area is 147 Å². The molecule has 7 heteroatoms. The second-order valence-electron chi connectivity index (χ2n) is 5.27. The molecule has 0 aliphatic rings. The summed E-state index contributed by atoms with van der Waals surface area (Å²) >= 11 is 0. The Kier molecular flexibility index (Phi) is 6.08. The second kappa shape index (κ2) is 8.06. The zero-order valence-electron chi connectivity index (χ0n) is 14.3. The minimum absolute atomic E-state index is 0.808. The number of rotatable bonds is 3. The van der Waals surface area contributed by atoms with Crippen LogP contribution in [0.15, 0.2) is 66.7 Å². The molecule has 132 valence electrons. The van der Waals surface area contributed by atoms with Crippen molar-refractivity contribution in [1.29, 1.82) is 0 Å². The first-order chi connectivity index (χ1) is 11.8. The standard InChI is InChI=1S/C17H17N2.CH4O4S/c1-18-16(14-9-5-3-6-10-14)13-17(19(18)2)15-11-7-4-8-12-15;1-5-6(2,3)4/h3-13H,1-2H3;1H3,(H,2,3,4)/q+1;/p-1. The van der Waals surface area contributed by atoms with Crippen LogP contribution in [0.1, 0.15) is 0 Å². The monoisotopic (exact) mass is 360 g/mol. The highest BCUT2D eigenvalue weighted by molar-refractivity contribution is 7.80. The molecule has 1 aromatic heterocycles. The molecule has 25 heavy (non-hydrogen) atoms. The summed E-state index contributed by atoms with van der Waals surface area (Å²) in [5.74, 6) is 0. The topological polar surface area (TPSA) is 75.2 Å². The van der Waals surface area contributed by atoms with Gasteiger partial charge in [-0.2, -0.15) is 4.68 Å². The Morgan fingerprint density at radius 1 is 0.960 bits per heavy atom. The summed E-state index contributed by atoms with van der Waals surface area (Å²) < 4.78 is 35.4. The van der Waals surface area contributed by atoms with E-state index in [2.05, 4.69) is 82.2 Å². The first-order valence-electron chi connectivity index (χ1n) is 7.52. The number of benzene rings is 2. The van der Waals surface area contributed by atoms with Crippen LogP contribution in [0.2, 0.25) is 0 Å². The smallest absolute Gasteiger partial charge is 0.238 e. The van der Waals surface area contributed by atoms with Crippen LogP contribution in [0, 0.1) is 0 Å². The maximum Gasteiger partial charge on any atom is 0.238 e. The number of hydrogen-bond acceptors (Lipinski definition) is 4. The third kappa shape index (κ3) is 4.99. The van der Waals surface area contributed by atoms with Crippen molar-refractivity contribution in [3.05, 3.63) is 66.7 Å². The van der Waals surface area contributed by atoms with Gasteiger partial charge >= 0.3 is 0 Å². The first kappa shape index (κ1) is 18.9. The van der Waals surface area contributed by atoms with Crippen LogP contribution in [0.5, 0.6) is 0 Å². The van der Waals surface area contributed by atoms with Crippen molar-refractivity contribution in [2.75, 3.05) is 7.11 Å². The highest BCUT2D eigenvalue weighted by atomic mass is 32.3. The summed E-state index contributed by atoms with van der Waals surface area (Å²) in [6, 6.07) is 23.2. The minimum Gasteiger partial charge on any atom is -0.726 e. The van der Waals surface area contributed by atoms with Gasteiger partial charge in [-0.15, -0.1) is 4.68 Å². The molecule has 3 aromatic rings. The van der Waals surface area contributed by atoms with Crippen molar-refractivity contribution in [3.8, 4) is 22.5 Å². The molecule has 0 N–H and O–H groups in total. The van der Waals surface area contributed by atoms with Crippen LogP contribution in [0.3, 0.4) is 0 Å². The Balaban J connectivity index is 0.000000326. The average Bonchev–Trinajstić information content (AvgIpc) is 2.92. The summed E-state index contributed by atoms with van der Waals surface area (Å²) in [5.41, 5.74) is 4.93. The third-order valence-corrected chi connectivity index (χ3v) is 4.17. The van der Waals surface area contributed by atoms with E-state index in [0.29, 0.717) is 0 Å². The van der Waals surface area contributed by atoms with Crippen molar-refractivity contribution in [3.63, 3.8) is 0 Å². The molecule has 0 bridgehead atoms. The predicted molar refractivity (Wildman–Crippen MR) is 94.2 cm³/mol. The summed E-state index contributed by atoms with van der Waals surface area (Å²) in [6.45, 7) is 0. The fraction of sp³-hybridized carbons (Fsp3) is 0.167. The summed E-state index contributed by atoms with van der Waals surface area (Å²) in [4.78, 5) is 0. The zero-order chi connectivity index (χ0) is 18.4. The molecular weight excluding hydrogens is 340 g/mol. The highest BCUT2D eigenvalue weighted by Crippen LogP contribution is 2.23. The average molecular weight is 360 g/mol. The van der Waals surface area contributed by atoms with Crippen molar-refractivity contribution in [2.45, 2.75) is 0 Å². The fourth-order valence-electron chi connectivity index (χ4n) is 2.40. The van der Waals surface area contributed by atoms with Gasteiger partial charge in [-0.3, -0.25) is 4.18 Å². The van der Waals surface area contributed by atoms with Crippen molar-refractivity contribution in [1.82, 2.24) is 4.68 Å². The summed E-state index contributed by atoms with van der Waals surface area (Å²) in [6.07, 6.45) is 0. The molecule has 1 heterocycles. The van der Waals surface area contributed by atoms with E-state index in [1.807, 2.05) is 12.1 Å². The van der Waals surface area contributed by atoms with Crippen LogP contribution in [-0.4, -0.2) is 24.8 Å². The number of hydrogen-bond donors (Lipinski definition) is 0. The summed E-state index contributed by atoms with van der Waals surface area (Å²) in [5, 5.41) is 0. The lowest BCUT2D eigenvalue weighted by atomic mass is 10.1. The van der Waals surface area contributed by atoms with E-state index < -0.39 is 10.4 Å². The molecule has 2 aromatic carbocycles. The predicted octanol–water partition coefficient (Wildman–Crippen LogP) is 2.28. The van der Waals surface area contributed by atoms with E-state index in [-0.39, 0.29) is 0 Å². The lowest BCUT2D eigenvalue weighted by Crippen LogP contribution is -2.39. The van der Waals surface area contributed by atoms with E-state index in [1.165, 1.54) is 22.5 Å². The first-order valence-corrected chi connectivity index (χ1v) is 8.85. The molecular formula is C18H20N2O4S. The van der Waals surface area contributed by atoms with Gasteiger partial charge < -0.3 is 4.55 Å². The van der Waals surface area contributed by atoms with Crippen molar-refractivity contribution in [2.24, 2.45) is 14.1 Å². The molecule has 0 atom stereocenters. The van der Waals surface area contributed by atoms with Crippen LogP contribution in [-0.2, 0) is 28.7 Å². The molecule has 0 aliphatic carbocycles. The molecule has 6 nitrogen and oxygen atoms in total. The molecule has 0 radical (unpaired) electrons. The maximum atomic E-state index is 9.22. The molecule has 0 unspecified atom stereocenters. The summed E-state index contributed by atoms with van der Waals surface area (Å²) in [7, 11) is 0.580.